The van der Waals surface area contributed by atoms with Crippen LogP contribution in [0.3, 0.4) is 0 Å². The lowest BCUT2D eigenvalue weighted by molar-refractivity contribution is 0.102. The largest absolute Gasteiger partial charge is 0.467 e. The molecule has 24 heavy (non-hydrogen) atoms. The summed E-state index contributed by atoms with van der Waals surface area (Å²) in [5.41, 5.74) is 5.76. The SMILES string of the molecule is Cc1ccc(NC(=O)c2cc(C)n(Cc3ccco3)c2C)c(C)c1. The monoisotopic (exact) mass is 322 g/mol. The van der Waals surface area contributed by atoms with Gasteiger partial charge in [0.05, 0.1) is 18.4 Å². The number of nitrogens with one attached hydrogen (secondary N) is 1. The smallest absolute Gasteiger partial charge is 0.257 e. The average molecular weight is 322 g/mol. The van der Waals surface area contributed by atoms with Gasteiger partial charge in [0.25, 0.3) is 5.91 Å². The molecular weight excluding hydrogens is 300 g/mol. The summed E-state index contributed by atoms with van der Waals surface area (Å²) >= 11 is 0. The topological polar surface area (TPSA) is 47.2 Å². The van der Waals surface area contributed by atoms with Gasteiger partial charge in [0.2, 0.25) is 0 Å². The van der Waals surface area contributed by atoms with Gasteiger partial charge in [-0.1, -0.05) is 17.7 Å². The van der Waals surface area contributed by atoms with Gasteiger partial charge in [-0.25, -0.2) is 0 Å². The number of rotatable bonds is 4. The van der Waals surface area contributed by atoms with Crippen LogP contribution in [-0.4, -0.2) is 10.5 Å². The Kier molecular flexibility index (Phi) is 4.30. The molecule has 3 rings (SSSR count). The molecule has 0 saturated carbocycles. The summed E-state index contributed by atoms with van der Waals surface area (Å²) in [6.07, 6.45) is 1.66. The molecule has 0 unspecified atom stereocenters. The lowest BCUT2D eigenvalue weighted by Crippen LogP contribution is -2.14. The van der Waals surface area contributed by atoms with E-state index >= 15 is 0 Å². The van der Waals surface area contributed by atoms with Crippen molar-refractivity contribution in [3.63, 3.8) is 0 Å². The van der Waals surface area contributed by atoms with Gasteiger partial charge >= 0.3 is 0 Å². The molecule has 2 heterocycles. The molecule has 1 aromatic carbocycles. The summed E-state index contributed by atoms with van der Waals surface area (Å²) < 4.78 is 7.51. The van der Waals surface area contributed by atoms with Crippen molar-refractivity contribution in [1.82, 2.24) is 4.57 Å². The molecule has 0 saturated heterocycles. The van der Waals surface area contributed by atoms with Crippen LogP contribution in [0.4, 0.5) is 5.69 Å². The minimum absolute atomic E-state index is 0.0826. The number of hydrogen-bond acceptors (Lipinski definition) is 2. The van der Waals surface area contributed by atoms with Crippen molar-refractivity contribution < 1.29 is 9.21 Å². The summed E-state index contributed by atoms with van der Waals surface area (Å²) in [5.74, 6) is 0.791. The third-order valence-corrected chi connectivity index (χ3v) is 4.34. The molecule has 0 atom stereocenters. The van der Waals surface area contributed by atoms with E-state index in [-0.39, 0.29) is 5.91 Å². The Morgan fingerprint density at radius 1 is 1.12 bits per heavy atom. The Morgan fingerprint density at radius 3 is 2.58 bits per heavy atom. The van der Waals surface area contributed by atoms with E-state index in [1.54, 1.807) is 6.26 Å². The maximum Gasteiger partial charge on any atom is 0.257 e. The van der Waals surface area contributed by atoms with Crippen LogP contribution in [0, 0.1) is 27.7 Å². The molecule has 0 fully saturated rings. The lowest BCUT2D eigenvalue weighted by Gasteiger charge is -2.10. The quantitative estimate of drug-likeness (QED) is 0.762. The molecule has 0 spiro atoms. The van der Waals surface area contributed by atoms with E-state index in [1.165, 1.54) is 5.56 Å². The third kappa shape index (κ3) is 3.13. The number of carbonyl (C=O) groups excluding carboxylic acids is 1. The Balaban J connectivity index is 1.85. The first kappa shape index (κ1) is 16.1. The standard InChI is InChI=1S/C20H22N2O2/c1-13-7-8-19(14(2)10-13)21-20(23)18-11-15(3)22(16(18)4)12-17-6-5-9-24-17/h5-11H,12H2,1-4H3,(H,21,23). The lowest BCUT2D eigenvalue weighted by atomic mass is 10.1. The molecule has 0 radical (unpaired) electrons. The second-order valence-corrected chi connectivity index (χ2v) is 6.22. The number of carbonyl (C=O) groups is 1. The van der Waals surface area contributed by atoms with Crippen LogP contribution in [0.25, 0.3) is 0 Å². The number of aryl methyl sites for hydroxylation is 3. The van der Waals surface area contributed by atoms with Crippen molar-refractivity contribution in [2.45, 2.75) is 34.2 Å². The number of aromatic nitrogens is 1. The van der Waals surface area contributed by atoms with E-state index in [9.17, 15) is 4.79 Å². The van der Waals surface area contributed by atoms with Gasteiger partial charge in [0.1, 0.15) is 5.76 Å². The minimum Gasteiger partial charge on any atom is -0.467 e. The highest BCUT2D eigenvalue weighted by atomic mass is 16.3. The van der Waals surface area contributed by atoms with Gasteiger partial charge < -0.3 is 14.3 Å². The van der Waals surface area contributed by atoms with Gasteiger partial charge in [0.15, 0.2) is 0 Å². The highest BCUT2D eigenvalue weighted by Crippen LogP contribution is 2.21. The van der Waals surface area contributed by atoms with Crippen LogP contribution in [0.1, 0.15) is 38.6 Å². The molecule has 1 amide bonds. The molecule has 0 aliphatic rings. The molecule has 0 aliphatic carbocycles. The second kappa shape index (κ2) is 6.40. The normalized spacial score (nSPS) is 10.8. The zero-order valence-electron chi connectivity index (χ0n) is 14.5. The third-order valence-electron chi connectivity index (χ3n) is 4.34. The maximum atomic E-state index is 12.7. The molecule has 3 aromatic rings. The first-order valence-corrected chi connectivity index (χ1v) is 8.03. The van der Waals surface area contributed by atoms with Crippen molar-refractivity contribution in [1.29, 1.82) is 0 Å². The van der Waals surface area contributed by atoms with Gasteiger partial charge in [-0.2, -0.15) is 0 Å². The molecule has 124 valence electrons. The van der Waals surface area contributed by atoms with E-state index in [2.05, 4.69) is 16.0 Å². The van der Waals surface area contributed by atoms with Crippen LogP contribution >= 0.6 is 0 Å². The van der Waals surface area contributed by atoms with Crippen LogP contribution in [0.2, 0.25) is 0 Å². The van der Waals surface area contributed by atoms with E-state index < -0.39 is 0 Å². The van der Waals surface area contributed by atoms with Crippen LogP contribution in [0.15, 0.2) is 47.1 Å². The molecule has 0 bridgehead atoms. The van der Waals surface area contributed by atoms with Crippen molar-refractivity contribution in [3.05, 3.63) is 76.5 Å². The average Bonchev–Trinajstić information content (AvgIpc) is 3.14. The zero-order valence-corrected chi connectivity index (χ0v) is 14.5. The number of furan rings is 1. The number of anilines is 1. The first-order valence-electron chi connectivity index (χ1n) is 8.03. The summed E-state index contributed by atoms with van der Waals surface area (Å²) in [4.78, 5) is 12.7. The Labute approximate surface area is 142 Å². The molecular formula is C20H22N2O2. The fraction of sp³-hybridized carbons (Fsp3) is 0.250. The van der Waals surface area contributed by atoms with E-state index in [1.807, 2.05) is 58.0 Å². The van der Waals surface area contributed by atoms with Crippen molar-refractivity contribution >= 4 is 11.6 Å². The molecule has 1 N–H and O–H groups in total. The highest BCUT2D eigenvalue weighted by Gasteiger charge is 2.17. The minimum atomic E-state index is -0.0826. The summed E-state index contributed by atoms with van der Waals surface area (Å²) in [5, 5.41) is 3.02. The fourth-order valence-corrected chi connectivity index (χ4v) is 2.98. The van der Waals surface area contributed by atoms with E-state index in [4.69, 9.17) is 4.42 Å². The second-order valence-electron chi connectivity index (χ2n) is 6.22. The Hall–Kier alpha value is -2.75. The number of nitrogens with zero attached hydrogens (tertiary/aromatic N) is 1. The summed E-state index contributed by atoms with van der Waals surface area (Å²) in [6, 6.07) is 11.8. The Morgan fingerprint density at radius 2 is 1.92 bits per heavy atom. The van der Waals surface area contributed by atoms with Gasteiger partial charge in [-0.3, -0.25) is 4.79 Å². The van der Waals surface area contributed by atoms with Crippen molar-refractivity contribution in [2.75, 3.05) is 5.32 Å². The summed E-state index contributed by atoms with van der Waals surface area (Å²) in [7, 11) is 0. The number of benzene rings is 1. The van der Waals surface area contributed by atoms with Crippen LogP contribution < -0.4 is 5.32 Å². The molecule has 4 heteroatoms. The van der Waals surface area contributed by atoms with Gasteiger partial charge in [0, 0.05) is 17.1 Å². The molecule has 2 aromatic heterocycles. The predicted molar refractivity (Wildman–Crippen MR) is 95.6 cm³/mol. The van der Waals surface area contributed by atoms with Gasteiger partial charge in [-0.05, 0) is 57.5 Å². The van der Waals surface area contributed by atoms with Crippen molar-refractivity contribution in [3.8, 4) is 0 Å². The Bertz CT molecular complexity index is 873. The molecule has 4 nitrogen and oxygen atoms in total. The van der Waals surface area contributed by atoms with E-state index in [0.29, 0.717) is 12.1 Å². The predicted octanol–water partition coefficient (Wildman–Crippen LogP) is 4.62. The van der Waals surface area contributed by atoms with E-state index in [0.717, 1.165) is 28.4 Å². The fourth-order valence-electron chi connectivity index (χ4n) is 2.98. The maximum absolute atomic E-state index is 12.7. The first-order chi connectivity index (χ1) is 11.5. The molecule has 0 aliphatic heterocycles. The highest BCUT2D eigenvalue weighted by molar-refractivity contribution is 6.05. The van der Waals surface area contributed by atoms with Crippen molar-refractivity contribution in [2.24, 2.45) is 0 Å². The van der Waals surface area contributed by atoms with Crippen LogP contribution in [-0.2, 0) is 6.54 Å². The number of amides is 1. The van der Waals surface area contributed by atoms with Crippen LogP contribution in [0.5, 0.6) is 0 Å². The number of hydrogen-bond donors (Lipinski definition) is 1. The summed E-state index contributed by atoms with van der Waals surface area (Å²) in [6.45, 7) is 8.64. The van der Waals surface area contributed by atoms with Gasteiger partial charge in [-0.15, -0.1) is 0 Å². The zero-order chi connectivity index (χ0) is 17.3.